The number of esters is 2. The van der Waals surface area contributed by atoms with E-state index in [9.17, 15) is 9.59 Å². The van der Waals surface area contributed by atoms with E-state index in [1.165, 1.54) is 14.0 Å². The molecular formula is C12H20O4. The maximum absolute atomic E-state index is 11.6. The summed E-state index contributed by atoms with van der Waals surface area (Å²) in [5, 5.41) is 0. The standard InChI is InChI=1S/C12H20O4/c1-7-8(2)10(16-9(3)13)12(4,5)11(14)15-6/h7-8,10H,1H2,2-6H3/t8-,10+/m1/s1. The summed E-state index contributed by atoms with van der Waals surface area (Å²) in [5.74, 6) is -0.957. The van der Waals surface area contributed by atoms with Crippen LogP contribution in [0.15, 0.2) is 12.7 Å². The normalized spacial score (nSPS) is 14.8. The van der Waals surface area contributed by atoms with Crippen molar-refractivity contribution in [3.05, 3.63) is 12.7 Å². The molecule has 0 unspecified atom stereocenters. The van der Waals surface area contributed by atoms with E-state index < -0.39 is 23.5 Å². The second-order valence-corrected chi connectivity index (χ2v) is 4.34. The van der Waals surface area contributed by atoms with E-state index in [0.717, 1.165) is 0 Å². The van der Waals surface area contributed by atoms with Gasteiger partial charge in [-0.2, -0.15) is 0 Å². The minimum Gasteiger partial charge on any atom is -0.468 e. The molecule has 0 spiro atoms. The average molecular weight is 228 g/mol. The SMILES string of the molecule is C=C[C@@H](C)[C@H](OC(C)=O)C(C)(C)C(=O)OC. The van der Waals surface area contributed by atoms with Gasteiger partial charge in [0.2, 0.25) is 0 Å². The summed E-state index contributed by atoms with van der Waals surface area (Å²) in [7, 11) is 1.31. The van der Waals surface area contributed by atoms with Crippen LogP contribution in [0.4, 0.5) is 0 Å². The Hall–Kier alpha value is -1.32. The Morgan fingerprint density at radius 1 is 1.38 bits per heavy atom. The smallest absolute Gasteiger partial charge is 0.315 e. The molecule has 4 nitrogen and oxygen atoms in total. The molecule has 0 N–H and O–H groups in total. The highest BCUT2D eigenvalue weighted by Crippen LogP contribution is 2.31. The molecule has 0 aromatic heterocycles. The Kier molecular flexibility index (Phi) is 5.21. The highest BCUT2D eigenvalue weighted by atomic mass is 16.6. The average Bonchev–Trinajstić information content (AvgIpc) is 2.23. The molecule has 0 heterocycles. The van der Waals surface area contributed by atoms with E-state index >= 15 is 0 Å². The van der Waals surface area contributed by atoms with Crippen LogP contribution in [0.1, 0.15) is 27.7 Å². The van der Waals surface area contributed by atoms with Gasteiger partial charge in [0.1, 0.15) is 6.10 Å². The molecule has 92 valence electrons. The topological polar surface area (TPSA) is 52.6 Å². The van der Waals surface area contributed by atoms with Crippen LogP contribution in [-0.4, -0.2) is 25.2 Å². The summed E-state index contributed by atoms with van der Waals surface area (Å²) in [5.41, 5.74) is -0.895. The lowest BCUT2D eigenvalue weighted by Gasteiger charge is -2.33. The highest BCUT2D eigenvalue weighted by Gasteiger charge is 2.42. The summed E-state index contributed by atoms with van der Waals surface area (Å²) in [6, 6.07) is 0. The molecule has 2 atom stereocenters. The minimum absolute atomic E-state index is 0.127. The third-order valence-corrected chi connectivity index (χ3v) is 2.57. The first-order chi connectivity index (χ1) is 7.27. The molecule has 0 radical (unpaired) electrons. The van der Waals surface area contributed by atoms with Crippen LogP contribution >= 0.6 is 0 Å². The first kappa shape index (κ1) is 14.7. The molecule has 0 amide bonds. The second-order valence-electron chi connectivity index (χ2n) is 4.34. The van der Waals surface area contributed by atoms with Crippen LogP contribution in [0.5, 0.6) is 0 Å². The molecule has 0 saturated carbocycles. The summed E-state index contributed by atoms with van der Waals surface area (Å²) < 4.78 is 9.89. The van der Waals surface area contributed by atoms with Crippen molar-refractivity contribution in [2.75, 3.05) is 7.11 Å². The Morgan fingerprint density at radius 2 is 1.88 bits per heavy atom. The van der Waals surface area contributed by atoms with E-state index in [1.54, 1.807) is 19.9 Å². The summed E-state index contributed by atoms with van der Waals surface area (Å²) >= 11 is 0. The van der Waals surface area contributed by atoms with Crippen LogP contribution < -0.4 is 0 Å². The van der Waals surface area contributed by atoms with Crippen LogP contribution in [0.25, 0.3) is 0 Å². The minimum atomic E-state index is -0.895. The molecule has 0 aliphatic carbocycles. The lowest BCUT2D eigenvalue weighted by Crippen LogP contribution is -2.44. The number of carbonyl (C=O) groups is 2. The largest absolute Gasteiger partial charge is 0.468 e. The van der Waals surface area contributed by atoms with Gasteiger partial charge in [0.05, 0.1) is 12.5 Å². The number of rotatable bonds is 5. The van der Waals surface area contributed by atoms with Gasteiger partial charge >= 0.3 is 11.9 Å². The Labute approximate surface area is 96.6 Å². The number of methoxy groups -OCH3 is 1. The van der Waals surface area contributed by atoms with E-state index in [2.05, 4.69) is 6.58 Å². The summed E-state index contributed by atoms with van der Waals surface area (Å²) in [4.78, 5) is 22.7. The summed E-state index contributed by atoms with van der Waals surface area (Å²) in [6.45, 7) is 10.2. The van der Waals surface area contributed by atoms with Gasteiger partial charge in [-0.3, -0.25) is 9.59 Å². The van der Waals surface area contributed by atoms with E-state index in [1.807, 2.05) is 6.92 Å². The molecule has 0 bridgehead atoms. The van der Waals surface area contributed by atoms with Gasteiger partial charge in [0, 0.05) is 12.8 Å². The fourth-order valence-electron chi connectivity index (χ4n) is 1.59. The van der Waals surface area contributed by atoms with Crippen molar-refractivity contribution in [1.29, 1.82) is 0 Å². The molecule has 0 aromatic rings. The third kappa shape index (κ3) is 3.36. The molecule has 0 fully saturated rings. The first-order valence-corrected chi connectivity index (χ1v) is 5.15. The predicted molar refractivity (Wildman–Crippen MR) is 60.7 cm³/mol. The molecule has 0 aliphatic rings. The fraction of sp³-hybridized carbons (Fsp3) is 0.667. The maximum Gasteiger partial charge on any atom is 0.315 e. The highest BCUT2D eigenvalue weighted by molar-refractivity contribution is 5.77. The zero-order valence-corrected chi connectivity index (χ0v) is 10.6. The summed E-state index contributed by atoms with van der Waals surface area (Å²) in [6.07, 6.45) is 1.08. The Balaban J connectivity index is 5.07. The van der Waals surface area contributed by atoms with Crippen LogP contribution in [0, 0.1) is 11.3 Å². The Bertz CT molecular complexity index is 281. The van der Waals surface area contributed by atoms with Gasteiger partial charge in [0.15, 0.2) is 0 Å². The van der Waals surface area contributed by atoms with Crippen molar-refractivity contribution in [3.8, 4) is 0 Å². The van der Waals surface area contributed by atoms with E-state index in [-0.39, 0.29) is 5.92 Å². The van der Waals surface area contributed by atoms with Gasteiger partial charge in [-0.05, 0) is 13.8 Å². The van der Waals surface area contributed by atoms with Gasteiger partial charge in [-0.15, -0.1) is 6.58 Å². The molecule has 0 aromatic carbocycles. The van der Waals surface area contributed by atoms with Crippen molar-refractivity contribution in [2.24, 2.45) is 11.3 Å². The maximum atomic E-state index is 11.6. The van der Waals surface area contributed by atoms with Crippen molar-refractivity contribution >= 4 is 11.9 Å². The number of hydrogen-bond donors (Lipinski definition) is 0. The van der Waals surface area contributed by atoms with E-state index in [0.29, 0.717) is 0 Å². The lowest BCUT2D eigenvalue weighted by molar-refractivity contribution is -0.170. The fourth-order valence-corrected chi connectivity index (χ4v) is 1.59. The van der Waals surface area contributed by atoms with E-state index in [4.69, 9.17) is 9.47 Å². The van der Waals surface area contributed by atoms with Crippen molar-refractivity contribution in [2.45, 2.75) is 33.8 Å². The molecule has 0 rings (SSSR count). The molecule has 4 heteroatoms. The van der Waals surface area contributed by atoms with Crippen molar-refractivity contribution in [1.82, 2.24) is 0 Å². The van der Waals surface area contributed by atoms with Gasteiger partial charge in [-0.25, -0.2) is 0 Å². The monoisotopic (exact) mass is 228 g/mol. The number of hydrogen-bond acceptors (Lipinski definition) is 4. The van der Waals surface area contributed by atoms with Gasteiger partial charge < -0.3 is 9.47 Å². The zero-order chi connectivity index (χ0) is 12.9. The molecule has 0 aliphatic heterocycles. The predicted octanol–water partition coefficient (Wildman–Crippen LogP) is 1.94. The lowest BCUT2D eigenvalue weighted by atomic mass is 9.80. The first-order valence-electron chi connectivity index (χ1n) is 5.15. The van der Waals surface area contributed by atoms with Crippen molar-refractivity contribution < 1.29 is 19.1 Å². The van der Waals surface area contributed by atoms with Crippen LogP contribution in [0.2, 0.25) is 0 Å². The second kappa shape index (κ2) is 5.68. The van der Waals surface area contributed by atoms with Gasteiger partial charge in [0.25, 0.3) is 0 Å². The zero-order valence-electron chi connectivity index (χ0n) is 10.6. The Morgan fingerprint density at radius 3 is 2.19 bits per heavy atom. The van der Waals surface area contributed by atoms with Crippen LogP contribution in [-0.2, 0) is 19.1 Å². The number of carbonyl (C=O) groups excluding carboxylic acids is 2. The molecule has 0 saturated heterocycles. The third-order valence-electron chi connectivity index (χ3n) is 2.57. The van der Waals surface area contributed by atoms with Crippen LogP contribution in [0.3, 0.4) is 0 Å². The van der Waals surface area contributed by atoms with Gasteiger partial charge in [-0.1, -0.05) is 13.0 Å². The van der Waals surface area contributed by atoms with Crippen molar-refractivity contribution in [3.63, 3.8) is 0 Å². The molecular weight excluding hydrogens is 208 g/mol. The number of ether oxygens (including phenoxy) is 2. The molecule has 16 heavy (non-hydrogen) atoms. The quantitative estimate of drug-likeness (QED) is 0.533.